The zero-order valence-corrected chi connectivity index (χ0v) is 38.7. The predicted molar refractivity (Wildman–Crippen MR) is 291 cm³/mol. The summed E-state index contributed by atoms with van der Waals surface area (Å²) >= 11 is 5.36. The maximum atomic E-state index is 12.0. The van der Waals surface area contributed by atoms with E-state index in [0.29, 0.717) is 28.2 Å². The van der Waals surface area contributed by atoms with Crippen LogP contribution in [0.5, 0.6) is 0 Å². The van der Waals surface area contributed by atoms with Crippen LogP contribution in [0, 0.1) is 17.9 Å². The van der Waals surface area contributed by atoms with E-state index in [1.54, 1.807) is 46.4 Å². The molecule has 0 fully saturated rings. The van der Waals surface area contributed by atoms with Gasteiger partial charge in [0.15, 0.2) is 0 Å². The van der Waals surface area contributed by atoms with Crippen LogP contribution < -0.4 is 0 Å². The monoisotopic (exact) mass is 930 g/mol. The molecule has 0 aliphatic rings. The summed E-state index contributed by atoms with van der Waals surface area (Å²) in [5.74, 6) is 0. The molecule has 0 spiro atoms. The van der Waals surface area contributed by atoms with Gasteiger partial charge in [-0.25, -0.2) is 4.85 Å². The summed E-state index contributed by atoms with van der Waals surface area (Å²) in [5, 5.41) is 23.5. The van der Waals surface area contributed by atoms with E-state index in [1.165, 1.54) is 30.3 Å². The first-order valence-corrected chi connectivity index (χ1v) is 25.0. The standard InChI is InChI=1S/C60H30N6S3/c1-62-52-50(33-24-28-63-29-25-33)45(32-61)53(65-46-14-6-2-10-35(46)39-18-21-42-36-11-3-7-15-47(36)67-58(42)54(39)65)51(34-26-30-64-31-27-34)57(52)66-55-40(19-22-43-37-12-4-8-16-48(37)68-59(43)55)41-20-23-44-38-13-5-9-17-49(38)69-60(44)56(41)66/h2-31H. The van der Waals surface area contributed by atoms with E-state index < -0.39 is 0 Å². The van der Waals surface area contributed by atoms with Gasteiger partial charge >= 0.3 is 0 Å². The molecule has 318 valence electrons. The molecule has 0 atom stereocenters. The number of para-hydroxylation sites is 1. The second-order valence-corrected chi connectivity index (χ2v) is 20.5. The molecule has 69 heavy (non-hydrogen) atoms. The van der Waals surface area contributed by atoms with Gasteiger partial charge in [-0.1, -0.05) is 109 Å². The molecule has 9 heteroatoms. The fraction of sp³-hybridized carbons (Fsp3) is 0. The molecule has 7 aromatic heterocycles. The summed E-state index contributed by atoms with van der Waals surface area (Å²) in [7, 11) is 0. The van der Waals surface area contributed by atoms with Crippen molar-refractivity contribution in [2.45, 2.75) is 0 Å². The van der Waals surface area contributed by atoms with Crippen molar-refractivity contribution >= 4 is 144 Å². The molecule has 0 aliphatic heterocycles. The molecule has 0 amide bonds. The highest BCUT2D eigenvalue weighted by molar-refractivity contribution is 7.27. The fourth-order valence-electron chi connectivity index (χ4n) is 11.2. The zero-order chi connectivity index (χ0) is 45.5. The minimum atomic E-state index is 0.385. The largest absolute Gasteiger partial charge is 0.316 e. The number of benzene rings is 8. The Morgan fingerprint density at radius 3 is 1.30 bits per heavy atom. The number of pyridine rings is 2. The summed E-state index contributed by atoms with van der Waals surface area (Å²) in [5.41, 5.74) is 9.16. The van der Waals surface area contributed by atoms with E-state index in [4.69, 9.17) is 0 Å². The average molecular weight is 931 g/mol. The van der Waals surface area contributed by atoms with Crippen molar-refractivity contribution in [3.63, 3.8) is 0 Å². The van der Waals surface area contributed by atoms with Gasteiger partial charge in [0.2, 0.25) is 5.69 Å². The number of hydrogen-bond donors (Lipinski definition) is 0. The number of nitriles is 1. The number of thiophene rings is 3. The quantitative estimate of drug-likeness (QED) is 0.165. The molecule has 15 aromatic rings. The maximum absolute atomic E-state index is 12.0. The predicted octanol–water partition coefficient (Wildman–Crippen LogP) is 17.5. The number of rotatable bonds is 4. The van der Waals surface area contributed by atoms with Gasteiger partial charge in [-0.05, 0) is 59.7 Å². The molecule has 0 bridgehead atoms. The molecule has 0 aliphatic carbocycles. The number of fused-ring (bicyclic) bond motifs is 18. The highest BCUT2D eigenvalue weighted by Crippen LogP contribution is 2.55. The van der Waals surface area contributed by atoms with E-state index in [9.17, 15) is 11.8 Å². The lowest BCUT2D eigenvalue weighted by atomic mass is 9.89. The molecule has 8 aromatic carbocycles. The van der Waals surface area contributed by atoms with Gasteiger partial charge in [-0.3, -0.25) is 9.97 Å². The molecule has 0 radical (unpaired) electrons. The molecule has 7 heterocycles. The van der Waals surface area contributed by atoms with Gasteiger partial charge in [0.1, 0.15) is 6.07 Å². The fourth-order valence-corrected chi connectivity index (χ4v) is 14.9. The molecular weight excluding hydrogens is 901 g/mol. The van der Waals surface area contributed by atoms with Gasteiger partial charge in [0, 0.05) is 104 Å². The average Bonchev–Trinajstić information content (AvgIpc) is 4.23. The van der Waals surface area contributed by atoms with Gasteiger partial charge in [0.25, 0.3) is 0 Å². The van der Waals surface area contributed by atoms with Gasteiger partial charge < -0.3 is 9.13 Å². The van der Waals surface area contributed by atoms with E-state index in [1.807, 2.05) is 36.7 Å². The number of aromatic nitrogens is 4. The topological polar surface area (TPSA) is 63.8 Å². The molecule has 0 saturated carbocycles. The summed E-state index contributed by atoms with van der Waals surface area (Å²) in [6.45, 7) is 9.48. The molecule has 15 rings (SSSR count). The van der Waals surface area contributed by atoms with Crippen molar-refractivity contribution in [2.24, 2.45) is 0 Å². The minimum absolute atomic E-state index is 0.385. The molecule has 0 saturated heterocycles. The van der Waals surface area contributed by atoms with Crippen molar-refractivity contribution in [2.75, 3.05) is 0 Å². The van der Waals surface area contributed by atoms with Crippen LogP contribution in [-0.2, 0) is 0 Å². The maximum Gasteiger partial charge on any atom is 0.220 e. The van der Waals surface area contributed by atoms with Crippen LogP contribution in [-0.4, -0.2) is 19.1 Å². The number of nitrogens with zero attached hydrogens (tertiary/aromatic N) is 6. The second kappa shape index (κ2) is 14.4. The second-order valence-electron chi connectivity index (χ2n) is 17.4. The zero-order valence-electron chi connectivity index (χ0n) is 36.2. The molecule has 0 N–H and O–H groups in total. The SMILES string of the molecule is [C-]#[N+]c1c(-c2ccncc2)c(C#N)c(-n2c3ccccc3c3ccc4c5ccccc5sc4c32)c(-c2ccncc2)c1-n1c2c(ccc3c4ccccc4sc32)c2ccc3c4ccccc4sc3c21. The van der Waals surface area contributed by atoms with Crippen molar-refractivity contribution in [3.8, 4) is 39.7 Å². The third kappa shape index (κ3) is 5.16. The van der Waals surface area contributed by atoms with Crippen LogP contribution >= 0.6 is 34.0 Å². The van der Waals surface area contributed by atoms with Crippen molar-refractivity contribution in [3.05, 3.63) is 199 Å². The molecule has 6 nitrogen and oxygen atoms in total. The van der Waals surface area contributed by atoms with Crippen molar-refractivity contribution in [1.82, 2.24) is 19.1 Å². The lowest BCUT2D eigenvalue weighted by molar-refractivity contribution is 1.14. The smallest absolute Gasteiger partial charge is 0.220 e. The Balaban J connectivity index is 1.27. The summed E-state index contributed by atoms with van der Waals surface area (Å²) in [4.78, 5) is 13.6. The lowest BCUT2D eigenvalue weighted by Crippen LogP contribution is -2.09. The van der Waals surface area contributed by atoms with Crippen LogP contribution in [0.1, 0.15) is 5.56 Å². The van der Waals surface area contributed by atoms with Crippen molar-refractivity contribution in [1.29, 1.82) is 5.26 Å². The lowest BCUT2D eigenvalue weighted by Gasteiger charge is -2.26. The normalized spacial score (nSPS) is 12.0. The highest BCUT2D eigenvalue weighted by Gasteiger charge is 2.33. The first-order valence-electron chi connectivity index (χ1n) is 22.5. The summed E-state index contributed by atoms with van der Waals surface area (Å²) < 4.78 is 11.7. The van der Waals surface area contributed by atoms with Gasteiger partial charge in [-0.2, -0.15) is 5.26 Å². The Morgan fingerprint density at radius 1 is 0.420 bits per heavy atom. The van der Waals surface area contributed by atoms with E-state index in [-0.39, 0.29) is 0 Å². The summed E-state index contributed by atoms with van der Waals surface area (Å²) in [6.07, 6.45) is 7.14. The first kappa shape index (κ1) is 38.4. The van der Waals surface area contributed by atoms with Crippen LogP contribution in [0.15, 0.2) is 183 Å². The third-order valence-electron chi connectivity index (χ3n) is 14.0. The Morgan fingerprint density at radius 2 is 0.826 bits per heavy atom. The molecule has 0 unspecified atom stereocenters. The van der Waals surface area contributed by atoms with Gasteiger partial charge in [-0.15, -0.1) is 34.0 Å². The molecular formula is C60H30N6S3. The van der Waals surface area contributed by atoms with Crippen LogP contribution in [0.2, 0.25) is 0 Å². The first-order chi connectivity index (χ1) is 34.2. The van der Waals surface area contributed by atoms with Gasteiger partial charge in [0.05, 0.1) is 59.7 Å². The highest BCUT2D eigenvalue weighted by atomic mass is 32.1. The third-order valence-corrected chi connectivity index (χ3v) is 17.6. The van der Waals surface area contributed by atoms with Crippen LogP contribution in [0.4, 0.5) is 5.69 Å². The van der Waals surface area contributed by atoms with Crippen LogP contribution in [0.3, 0.4) is 0 Å². The van der Waals surface area contributed by atoms with E-state index in [2.05, 4.69) is 163 Å². The Bertz CT molecular complexity index is 4680. The van der Waals surface area contributed by atoms with E-state index in [0.717, 1.165) is 90.6 Å². The Kier molecular flexibility index (Phi) is 8.02. The Labute approximate surface area is 404 Å². The summed E-state index contributed by atoms with van der Waals surface area (Å²) in [6, 6.07) is 58.7. The van der Waals surface area contributed by atoms with Crippen LogP contribution in [0.25, 0.3) is 143 Å². The van der Waals surface area contributed by atoms with E-state index >= 15 is 0 Å². The number of hydrogen-bond acceptors (Lipinski definition) is 6. The van der Waals surface area contributed by atoms with Crippen molar-refractivity contribution < 1.29 is 0 Å². The minimum Gasteiger partial charge on any atom is -0.316 e. The Hall–Kier alpha value is -8.70.